The van der Waals surface area contributed by atoms with Gasteiger partial charge in [-0.05, 0) is 48.5 Å². The van der Waals surface area contributed by atoms with E-state index < -0.39 is 102 Å². The van der Waals surface area contributed by atoms with E-state index in [1.54, 1.807) is 0 Å². The molecule has 0 radical (unpaired) electrons. The standard InChI is InChI=1S/C26H20N4O15S3/c1-11(31)27-17-5-6-18(46(37,38)39)15-10-19(47(40,41)42)22(24(33)21(15)17)30-29-13-4-2-3-12(7-13)25(34)28-14-8-16(26(35)36)23(32)20(9-14)48(43,44)45/h2-10,32-33H,1H3,(H,27,31)(H,28,34)(H,35,36)(H,37,38,39)(H,40,41,42)(H,43,44,45). The summed E-state index contributed by atoms with van der Waals surface area (Å²) in [6.07, 6.45) is 0. The first-order chi connectivity index (χ1) is 22.1. The molecule has 0 bridgehead atoms. The number of carbonyl (C=O) groups excluding carboxylic acids is 2. The predicted octanol–water partition coefficient (Wildman–Crippen LogP) is 3.32. The van der Waals surface area contributed by atoms with Crippen LogP contribution in [0.3, 0.4) is 0 Å². The highest BCUT2D eigenvalue weighted by Gasteiger charge is 2.28. The number of aromatic carboxylic acids is 1. The average Bonchev–Trinajstić information content (AvgIpc) is 2.95. The van der Waals surface area contributed by atoms with Gasteiger partial charge in [-0.2, -0.15) is 30.4 Å². The Bertz CT molecular complexity index is 2430. The summed E-state index contributed by atoms with van der Waals surface area (Å²) >= 11 is 0. The van der Waals surface area contributed by atoms with Gasteiger partial charge in [0.25, 0.3) is 36.3 Å². The van der Waals surface area contributed by atoms with Crippen LogP contribution in [-0.2, 0) is 35.1 Å². The zero-order valence-electron chi connectivity index (χ0n) is 23.7. The van der Waals surface area contributed by atoms with Gasteiger partial charge < -0.3 is 26.0 Å². The molecule has 0 saturated carbocycles. The number of nitrogens with zero attached hydrogens (tertiary/aromatic N) is 2. The molecule has 4 aromatic rings. The van der Waals surface area contributed by atoms with E-state index in [4.69, 9.17) is 0 Å². The zero-order chi connectivity index (χ0) is 35.9. The Hall–Kier alpha value is -5.52. The summed E-state index contributed by atoms with van der Waals surface area (Å²) in [6, 6.07) is 8.33. The first-order valence-electron chi connectivity index (χ1n) is 12.6. The number of nitrogens with one attached hydrogen (secondary N) is 2. The summed E-state index contributed by atoms with van der Waals surface area (Å²) in [5, 5.41) is 41.0. The number of fused-ring (bicyclic) bond motifs is 1. The zero-order valence-corrected chi connectivity index (χ0v) is 26.1. The largest absolute Gasteiger partial charge is 0.506 e. The number of carboxylic acid groups (broad SMARTS) is 1. The van der Waals surface area contributed by atoms with Crippen LogP contribution in [0.2, 0.25) is 0 Å². The lowest BCUT2D eigenvalue weighted by Crippen LogP contribution is -2.13. The van der Waals surface area contributed by atoms with Crippen molar-refractivity contribution in [2.45, 2.75) is 21.6 Å². The quantitative estimate of drug-likeness (QED) is 0.0697. The number of carboxylic acids is 1. The molecule has 0 aliphatic heterocycles. The SMILES string of the molecule is CC(=O)Nc1ccc(S(=O)(=O)O)c2cc(S(=O)(=O)O)c(N=Nc3cccc(C(=O)Nc4cc(C(=O)O)c(O)c(S(=O)(=O)O)c4)c3)c(O)c12. The van der Waals surface area contributed by atoms with E-state index in [1.807, 2.05) is 0 Å². The summed E-state index contributed by atoms with van der Waals surface area (Å²) in [4.78, 5) is 32.8. The molecule has 19 nitrogen and oxygen atoms in total. The van der Waals surface area contributed by atoms with E-state index in [0.717, 1.165) is 25.1 Å². The minimum atomic E-state index is -5.29. The molecule has 0 aromatic heterocycles. The third kappa shape index (κ3) is 7.38. The topological polar surface area (TPSA) is 324 Å². The number of azo groups is 1. The monoisotopic (exact) mass is 724 g/mol. The first-order valence-corrected chi connectivity index (χ1v) is 16.9. The van der Waals surface area contributed by atoms with E-state index in [9.17, 15) is 68.6 Å². The molecule has 0 unspecified atom stereocenters. The van der Waals surface area contributed by atoms with Gasteiger partial charge in [0.15, 0.2) is 11.5 Å². The number of rotatable bonds is 9. The summed E-state index contributed by atoms with van der Waals surface area (Å²) in [5.41, 5.74) is -3.12. The number of hydrogen-bond donors (Lipinski definition) is 8. The van der Waals surface area contributed by atoms with Crippen LogP contribution in [0.5, 0.6) is 11.5 Å². The highest BCUT2D eigenvalue weighted by Crippen LogP contribution is 2.46. The molecule has 22 heteroatoms. The summed E-state index contributed by atoms with van der Waals surface area (Å²) in [5.74, 6) is -5.91. The molecule has 2 amide bonds. The van der Waals surface area contributed by atoms with Crippen LogP contribution in [0.1, 0.15) is 27.6 Å². The molecule has 0 fully saturated rings. The van der Waals surface area contributed by atoms with Crippen LogP contribution in [0.4, 0.5) is 22.7 Å². The number of hydrogen-bond acceptors (Lipinski definition) is 13. The number of phenolic OH excluding ortho intramolecular Hbond substituents is 1. The Labute approximate surface area is 269 Å². The van der Waals surface area contributed by atoms with Gasteiger partial charge in [-0.15, -0.1) is 5.11 Å². The predicted molar refractivity (Wildman–Crippen MR) is 163 cm³/mol. The number of benzene rings is 4. The van der Waals surface area contributed by atoms with Crippen molar-refractivity contribution < 1.29 is 68.6 Å². The maximum atomic E-state index is 12.9. The van der Waals surface area contributed by atoms with E-state index in [-0.39, 0.29) is 16.9 Å². The van der Waals surface area contributed by atoms with Crippen LogP contribution < -0.4 is 10.6 Å². The lowest BCUT2D eigenvalue weighted by Gasteiger charge is -2.15. The van der Waals surface area contributed by atoms with Crippen molar-refractivity contribution in [3.63, 3.8) is 0 Å². The summed E-state index contributed by atoms with van der Waals surface area (Å²) < 4.78 is 101. The van der Waals surface area contributed by atoms with E-state index in [0.29, 0.717) is 18.2 Å². The Balaban J connectivity index is 1.82. The second-order valence-corrected chi connectivity index (χ2v) is 13.8. The lowest BCUT2D eigenvalue weighted by molar-refractivity contribution is -0.114. The third-order valence-electron chi connectivity index (χ3n) is 6.26. The summed E-state index contributed by atoms with van der Waals surface area (Å²) in [6.45, 7) is 1.07. The van der Waals surface area contributed by atoms with Gasteiger partial charge in [0.2, 0.25) is 5.91 Å². The molecule has 0 atom stereocenters. The normalized spacial score (nSPS) is 12.2. The molecule has 4 rings (SSSR count). The molecular weight excluding hydrogens is 705 g/mol. The molecule has 48 heavy (non-hydrogen) atoms. The van der Waals surface area contributed by atoms with Crippen molar-refractivity contribution in [1.29, 1.82) is 0 Å². The molecule has 4 aromatic carbocycles. The molecule has 0 aliphatic carbocycles. The number of aromatic hydroxyl groups is 2. The van der Waals surface area contributed by atoms with Gasteiger partial charge in [0.05, 0.1) is 16.8 Å². The van der Waals surface area contributed by atoms with Gasteiger partial charge in [-0.1, -0.05) is 6.07 Å². The lowest BCUT2D eigenvalue weighted by atomic mass is 10.1. The molecule has 252 valence electrons. The van der Waals surface area contributed by atoms with E-state index in [2.05, 4.69) is 20.9 Å². The number of carbonyl (C=O) groups is 3. The number of amides is 2. The van der Waals surface area contributed by atoms with Gasteiger partial charge in [0.1, 0.15) is 25.9 Å². The molecule has 0 spiro atoms. The molecule has 0 heterocycles. The Morgan fingerprint density at radius 2 is 1.33 bits per heavy atom. The van der Waals surface area contributed by atoms with Crippen LogP contribution in [0.25, 0.3) is 10.8 Å². The molecule has 8 N–H and O–H groups in total. The van der Waals surface area contributed by atoms with Crippen molar-refractivity contribution in [2.24, 2.45) is 10.2 Å². The Morgan fingerprint density at radius 1 is 0.708 bits per heavy atom. The maximum absolute atomic E-state index is 12.9. The van der Waals surface area contributed by atoms with Gasteiger partial charge in [-0.3, -0.25) is 23.2 Å². The van der Waals surface area contributed by atoms with Gasteiger partial charge >= 0.3 is 5.97 Å². The molecule has 0 aliphatic rings. The van der Waals surface area contributed by atoms with Crippen molar-refractivity contribution in [1.82, 2.24) is 0 Å². The van der Waals surface area contributed by atoms with Crippen molar-refractivity contribution in [2.75, 3.05) is 10.6 Å². The smallest absolute Gasteiger partial charge is 0.339 e. The van der Waals surface area contributed by atoms with E-state index in [1.165, 1.54) is 18.2 Å². The molecular formula is C26H20N4O15S3. The minimum Gasteiger partial charge on any atom is -0.506 e. The fourth-order valence-electron chi connectivity index (χ4n) is 4.31. The number of anilines is 2. The van der Waals surface area contributed by atoms with Gasteiger partial charge in [-0.25, -0.2) is 4.79 Å². The second-order valence-electron chi connectivity index (χ2n) is 9.59. The second kappa shape index (κ2) is 12.6. The van der Waals surface area contributed by atoms with Crippen molar-refractivity contribution in [3.8, 4) is 11.5 Å². The van der Waals surface area contributed by atoms with Crippen LogP contribution >= 0.6 is 0 Å². The van der Waals surface area contributed by atoms with Crippen LogP contribution in [0, 0.1) is 0 Å². The number of phenols is 2. The Kier molecular flexibility index (Phi) is 9.27. The Morgan fingerprint density at radius 3 is 1.90 bits per heavy atom. The fraction of sp³-hybridized carbons (Fsp3) is 0.0385. The van der Waals surface area contributed by atoms with Crippen molar-refractivity contribution in [3.05, 3.63) is 65.7 Å². The minimum absolute atomic E-state index is 0.215. The molecule has 0 saturated heterocycles. The summed E-state index contributed by atoms with van der Waals surface area (Å²) in [7, 11) is -15.5. The van der Waals surface area contributed by atoms with E-state index >= 15 is 0 Å². The highest BCUT2D eigenvalue weighted by atomic mass is 32.2. The van der Waals surface area contributed by atoms with Gasteiger partial charge in [0, 0.05) is 23.6 Å². The fourth-order valence-corrected chi connectivity index (χ4v) is 6.26. The highest BCUT2D eigenvalue weighted by molar-refractivity contribution is 7.86. The average molecular weight is 725 g/mol. The van der Waals surface area contributed by atoms with Crippen LogP contribution in [0.15, 0.2) is 79.5 Å². The van der Waals surface area contributed by atoms with Crippen LogP contribution in [-0.4, -0.2) is 72.0 Å². The maximum Gasteiger partial charge on any atom is 0.339 e. The van der Waals surface area contributed by atoms with Crippen molar-refractivity contribution >= 4 is 81.7 Å². The third-order valence-corrected chi connectivity index (χ3v) is 8.90. The first kappa shape index (κ1) is 35.3.